The molecular formula is C97H67N7. The minimum Gasteiger partial charge on any atom is -0.309 e. The van der Waals surface area contributed by atoms with E-state index in [1.807, 2.05) is 0 Å². The first-order valence-electron chi connectivity index (χ1n) is 35.7. The largest absolute Gasteiger partial charge is 0.309 e. The van der Waals surface area contributed by atoms with E-state index in [1.165, 1.54) is 66.1 Å². The number of hydrogen-bond donors (Lipinski definition) is 0. The Kier molecular flexibility index (Phi) is 14.0. The van der Waals surface area contributed by atoms with E-state index in [0.29, 0.717) is 17.5 Å². The molecule has 5 aromatic heterocycles. The minimum atomic E-state index is 0.533. The molecular weight excluding hydrogens is 1260 g/mol. The van der Waals surface area contributed by atoms with E-state index in [0.717, 1.165) is 127 Å². The quantitative estimate of drug-likeness (QED) is 0.130. The maximum Gasteiger partial charge on any atom is 0.166 e. The van der Waals surface area contributed by atoms with E-state index in [4.69, 9.17) is 15.0 Å². The molecule has 0 aliphatic carbocycles. The maximum atomic E-state index is 5.94. The normalized spacial score (nSPS) is 11.8. The number of fused-ring (bicyclic) bond motifs is 12. The summed E-state index contributed by atoms with van der Waals surface area (Å²) >= 11 is 0. The van der Waals surface area contributed by atoms with Crippen molar-refractivity contribution in [3.8, 4) is 101 Å². The molecule has 0 unspecified atom stereocenters. The van der Waals surface area contributed by atoms with Crippen molar-refractivity contribution < 1.29 is 0 Å². The third-order valence-corrected chi connectivity index (χ3v) is 21.6. The lowest BCUT2D eigenvalue weighted by atomic mass is 9.99. The highest BCUT2D eigenvalue weighted by Gasteiger charge is 2.27. The molecule has 15 aromatic carbocycles. The average molecular weight is 1330 g/mol. The van der Waals surface area contributed by atoms with Crippen LogP contribution < -0.4 is 0 Å². The summed E-state index contributed by atoms with van der Waals surface area (Å²) in [5.74, 6) is 1.62. The maximum absolute atomic E-state index is 5.94. The number of aromatic nitrogens is 7. The molecule has 0 aliphatic heterocycles. The zero-order chi connectivity index (χ0) is 69.3. The van der Waals surface area contributed by atoms with Gasteiger partial charge in [0.15, 0.2) is 17.5 Å². The Labute approximate surface area is 601 Å². The van der Waals surface area contributed by atoms with Gasteiger partial charge in [-0.3, -0.25) is 0 Å². The van der Waals surface area contributed by atoms with Crippen LogP contribution in [0.1, 0.15) is 22.3 Å². The fraction of sp³-hybridized carbons (Fsp3) is 0.0412. The number of nitrogens with zero attached hydrogens (tertiary/aromatic N) is 7. The Bertz CT molecular complexity index is 6520. The van der Waals surface area contributed by atoms with Crippen LogP contribution in [0.3, 0.4) is 0 Å². The van der Waals surface area contributed by atoms with Crippen LogP contribution in [0, 0.1) is 27.7 Å². The van der Waals surface area contributed by atoms with Crippen LogP contribution >= 0.6 is 0 Å². The van der Waals surface area contributed by atoms with Gasteiger partial charge < -0.3 is 18.3 Å². The lowest BCUT2D eigenvalue weighted by Crippen LogP contribution is -2.07. The molecule has 7 nitrogen and oxygen atoms in total. The highest BCUT2D eigenvalue weighted by Crippen LogP contribution is 2.46. The van der Waals surface area contributed by atoms with Gasteiger partial charge in [-0.1, -0.05) is 249 Å². The first-order valence-corrected chi connectivity index (χ1v) is 35.7. The van der Waals surface area contributed by atoms with Crippen molar-refractivity contribution in [2.45, 2.75) is 27.7 Å². The van der Waals surface area contributed by atoms with Gasteiger partial charge in [0.25, 0.3) is 0 Å². The summed E-state index contributed by atoms with van der Waals surface area (Å²) in [5.41, 5.74) is 29.4. The third-order valence-electron chi connectivity index (χ3n) is 21.6. The second kappa shape index (κ2) is 24.1. The van der Waals surface area contributed by atoms with Crippen LogP contribution in [0.5, 0.6) is 0 Å². The molecule has 0 bridgehead atoms. The summed E-state index contributed by atoms with van der Waals surface area (Å²) in [4.78, 5) is 17.4. The molecule has 0 spiro atoms. The smallest absolute Gasteiger partial charge is 0.166 e. The monoisotopic (exact) mass is 1330 g/mol. The van der Waals surface area contributed by atoms with E-state index in [1.54, 1.807) is 0 Å². The van der Waals surface area contributed by atoms with Crippen molar-refractivity contribution in [1.29, 1.82) is 0 Å². The Morgan fingerprint density at radius 3 is 0.788 bits per heavy atom. The molecule has 20 aromatic rings. The molecule has 7 heteroatoms. The van der Waals surface area contributed by atoms with Crippen LogP contribution in [0.2, 0.25) is 0 Å². The summed E-state index contributed by atoms with van der Waals surface area (Å²) < 4.78 is 9.82. The molecule has 0 amide bonds. The average Bonchev–Trinajstić information content (AvgIpc) is 1.65. The SMILES string of the molecule is Cc1ccccc1-c1ccc2c3ccccc3n(-c3ccc(-c4nc(-c5ccccc5)nc(-c5ccc(-n6c7ccccc7c7ccc(-c8ccccc8C)cc76)cc5-n5c6ccccc6c6ccc(-c7ccccc7C)cc65)n4)c(-n4c5ccccc5c5ccc(-c6ccccc6C)cc54)c3)c2c1. The standard InChI is InChI=1S/C97H67N7/c1-60-24-8-12-30-71(60)65-42-48-79-75-34-16-20-38-85(75)101(89(79)54-65)69-46-52-83(93(58-69)103-87-40-22-18-36-77(87)81-50-44-67(56-91(81)103)73-32-14-10-26-62(73)3)96-98-95(64-28-6-5-7-29-64)99-97(100-96)84-53-47-70(102-86-39-21-17-35-76(86)80-49-43-66(55-90(80)102)72-31-13-9-25-61(72)2)59-94(84)104-88-41-23-19-37-78(88)82-51-45-68(57-92(82)104)74-33-15-11-27-63(74)4/h5-59H,1-4H3. The molecule has 0 radical (unpaired) electrons. The van der Waals surface area contributed by atoms with Crippen LogP contribution in [0.15, 0.2) is 334 Å². The van der Waals surface area contributed by atoms with Crippen molar-refractivity contribution in [3.63, 3.8) is 0 Å². The Hall–Kier alpha value is -13.5. The van der Waals surface area contributed by atoms with E-state index in [9.17, 15) is 0 Å². The topological polar surface area (TPSA) is 58.4 Å². The molecule has 5 heterocycles. The van der Waals surface area contributed by atoms with Gasteiger partial charge in [-0.15, -0.1) is 0 Å². The highest BCUT2D eigenvalue weighted by molar-refractivity contribution is 6.15. The fourth-order valence-electron chi connectivity index (χ4n) is 16.6. The van der Waals surface area contributed by atoms with Gasteiger partial charge in [-0.2, -0.15) is 0 Å². The van der Waals surface area contributed by atoms with Crippen molar-refractivity contribution in [1.82, 2.24) is 33.2 Å². The van der Waals surface area contributed by atoms with E-state index < -0.39 is 0 Å². The molecule has 0 saturated carbocycles. The summed E-state index contributed by atoms with van der Waals surface area (Å²) in [6.45, 7) is 8.80. The van der Waals surface area contributed by atoms with Crippen LogP contribution in [-0.4, -0.2) is 33.2 Å². The van der Waals surface area contributed by atoms with E-state index in [2.05, 4.69) is 380 Å². The fourth-order valence-corrected chi connectivity index (χ4v) is 16.6. The van der Waals surface area contributed by atoms with Gasteiger partial charge in [0, 0.05) is 71.2 Å². The predicted molar refractivity (Wildman–Crippen MR) is 434 cm³/mol. The molecule has 0 fully saturated rings. The van der Waals surface area contributed by atoms with Crippen LogP contribution in [0.4, 0.5) is 0 Å². The molecule has 104 heavy (non-hydrogen) atoms. The lowest BCUT2D eigenvalue weighted by Gasteiger charge is -2.19. The zero-order valence-electron chi connectivity index (χ0n) is 57.9. The second-order valence-corrected chi connectivity index (χ2v) is 27.7. The first kappa shape index (κ1) is 60.5. The number of benzene rings is 15. The lowest BCUT2D eigenvalue weighted by molar-refractivity contribution is 1.05. The van der Waals surface area contributed by atoms with Crippen LogP contribution in [-0.2, 0) is 0 Å². The van der Waals surface area contributed by atoms with Gasteiger partial charge in [-0.05, 0) is 179 Å². The van der Waals surface area contributed by atoms with Crippen LogP contribution in [0.25, 0.3) is 189 Å². The number of hydrogen-bond acceptors (Lipinski definition) is 3. The third kappa shape index (κ3) is 9.69. The Morgan fingerprint density at radius 2 is 0.452 bits per heavy atom. The van der Waals surface area contributed by atoms with Crippen molar-refractivity contribution in [2.24, 2.45) is 0 Å². The molecule has 0 aliphatic rings. The van der Waals surface area contributed by atoms with Gasteiger partial charge in [0.2, 0.25) is 0 Å². The summed E-state index contributed by atoms with van der Waals surface area (Å²) in [6, 6.07) is 122. The molecule has 0 atom stereocenters. The molecule has 0 N–H and O–H groups in total. The molecule has 490 valence electrons. The predicted octanol–water partition coefficient (Wildman–Crippen LogP) is 25.2. The molecule has 0 saturated heterocycles. The Balaban J connectivity index is 0.890. The number of aryl methyl sites for hydroxylation is 4. The number of rotatable bonds is 11. The summed E-state index contributed by atoms with van der Waals surface area (Å²) in [7, 11) is 0. The number of para-hydroxylation sites is 4. The van der Waals surface area contributed by atoms with Crippen molar-refractivity contribution >= 4 is 87.2 Å². The van der Waals surface area contributed by atoms with Gasteiger partial charge >= 0.3 is 0 Å². The van der Waals surface area contributed by atoms with Crippen molar-refractivity contribution in [3.05, 3.63) is 356 Å². The minimum absolute atomic E-state index is 0.533. The summed E-state index contributed by atoms with van der Waals surface area (Å²) in [5, 5.41) is 9.30. The summed E-state index contributed by atoms with van der Waals surface area (Å²) in [6.07, 6.45) is 0. The van der Waals surface area contributed by atoms with E-state index in [-0.39, 0.29) is 0 Å². The van der Waals surface area contributed by atoms with Gasteiger partial charge in [-0.25, -0.2) is 15.0 Å². The molecule has 20 rings (SSSR count). The second-order valence-electron chi connectivity index (χ2n) is 27.7. The zero-order valence-corrected chi connectivity index (χ0v) is 57.9. The first-order chi connectivity index (χ1) is 51.2. The van der Waals surface area contributed by atoms with Gasteiger partial charge in [0.1, 0.15) is 0 Å². The van der Waals surface area contributed by atoms with Gasteiger partial charge in [0.05, 0.1) is 55.5 Å². The van der Waals surface area contributed by atoms with E-state index >= 15 is 0 Å². The van der Waals surface area contributed by atoms with Crippen molar-refractivity contribution in [2.75, 3.05) is 0 Å². The highest BCUT2D eigenvalue weighted by atomic mass is 15.1. The Morgan fingerprint density at radius 1 is 0.183 bits per heavy atom.